The summed E-state index contributed by atoms with van der Waals surface area (Å²) in [5.74, 6) is -1.62. The molecule has 1 aliphatic carbocycles. The average Bonchev–Trinajstić information content (AvgIpc) is 2.93. The molecule has 7 nitrogen and oxygen atoms in total. The van der Waals surface area contributed by atoms with E-state index in [1.54, 1.807) is 12.3 Å². The van der Waals surface area contributed by atoms with Crippen LogP contribution in [0.4, 0.5) is 14.5 Å². The van der Waals surface area contributed by atoms with Gasteiger partial charge < -0.3 is 4.90 Å². The van der Waals surface area contributed by atoms with Crippen LogP contribution in [0.5, 0.6) is 0 Å². The third-order valence-electron chi connectivity index (χ3n) is 7.92. The van der Waals surface area contributed by atoms with Crippen LogP contribution in [0.2, 0.25) is 0 Å². The Bertz CT molecular complexity index is 1560. The SMILES string of the molecule is Cc1c(F)cc(S(=O)(=O)N2CC[C@@H]2C(=O)N(Cc2ccc(C3CCCCC3)nc2)c2ccccc2F)cc1C#N. The molecule has 208 valence electrons. The highest BCUT2D eigenvalue weighted by Crippen LogP contribution is 2.34. The second-order valence-electron chi connectivity index (χ2n) is 10.4. The number of carbonyl (C=O) groups is 1. The van der Waals surface area contributed by atoms with E-state index in [2.05, 4.69) is 4.98 Å². The molecule has 0 spiro atoms. The highest BCUT2D eigenvalue weighted by molar-refractivity contribution is 7.89. The van der Waals surface area contributed by atoms with Crippen molar-refractivity contribution in [3.05, 3.63) is 88.7 Å². The van der Waals surface area contributed by atoms with Crippen LogP contribution in [0.15, 0.2) is 59.6 Å². The third kappa shape index (κ3) is 5.36. The van der Waals surface area contributed by atoms with Gasteiger partial charge in [0.1, 0.15) is 17.7 Å². The van der Waals surface area contributed by atoms with E-state index in [4.69, 9.17) is 0 Å². The van der Waals surface area contributed by atoms with Gasteiger partial charge in [0.25, 0.3) is 0 Å². The maximum absolute atomic E-state index is 14.9. The summed E-state index contributed by atoms with van der Waals surface area (Å²) in [6, 6.07) is 12.4. The topological polar surface area (TPSA) is 94.4 Å². The fraction of sp³-hybridized carbons (Fsp3) is 0.367. The van der Waals surface area contributed by atoms with Gasteiger partial charge in [0.15, 0.2) is 0 Å². The van der Waals surface area contributed by atoms with Gasteiger partial charge in [-0.15, -0.1) is 0 Å². The molecule has 1 amide bonds. The van der Waals surface area contributed by atoms with E-state index in [1.807, 2.05) is 18.2 Å². The molecule has 1 aliphatic heterocycles. The number of hydrogen-bond donors (Lipinski definition) is 0. The average molecular weight is 565 g/mol. The number of pyridine rings is 1. The predicted octanol–water partition coefficient (Wildman–Crippen LogP) is 5.58. The van der Waals surface area contributed by atoms with Crippen molar-refractivity contribution < 1.29 is 22.0 Å². The molecular weight excluding hydrogens is 534 g/mol. The number of halogens is 2. The molecule has 2 fully saturated rings. The fourth-order valence-electron chi connectivity index (χ4n) is 5.44. The molecule has 0 unspecified atom stereocenters. The van der Waals surface area contributed by atoms with Gasteiger partial charge in [0.2, 0.25) is 15.9 Å². The molecule has 0 N–H and O–H groups in total. The summed E-state index contributed by atoms with van der Waals surface area (Å²) in [6.07, 6.45) is 7.70. The Morgan fingerprint density at radius 2 is 1.82 bits per heavy atom. The Morgan fingerprint density at radius 1 is 1.07 bits per heavy atom. The number of rotatable bonds is 7. The number of para-hydroxylation sites is 1. The van der Waals surface area contributed by atoms with E-state index in [1.165, 1.54) is 49.3 Å². The van der Waals surface area contributed by atoms with Crippen molar-refractivity contribution in [2.45, 2.75) is 68.8 Å². The highest BCUT2D eigenvalue weighted by atomic mass is 32.2. The minimum absolute atomic E-state index is 0.000157. The second kappa shape index (κ2) is 11.4. The van der Waals surface area contributed by atoms with Gasteiger partial charge in [-0.25, -0.2) is 17.2 Å². The number of nitriles is 1. The molecule has 3 aromatic rings. The lowest BCUT2D eigenvalue weighted by atomic mass is 9.86. The fourth-order valence-corrected chi connectivity index (χ4v) is 7.10. The number of aromatic nitrogens is 1. The molecule has 1 saturated heterocycles. The summed E-state index contributed by atoms with van der Waals surface area (Å²) in [6.45, 7) is 1.43. The minimum Gasteiger partial charge on any atom is -0.304 e. The zero-order valence-corrected chi connectivity index (χ0v) is 23.0. The largest absolute Gasteiger partial charge is 0.304 e. The first kappa shape index (κ1) is 27.9. The number of hydrogen-bond acceptors (Lipinski definition) is 5. The zero-order valence-electron chi connectivity index (χ0n) is 22.2. The minimum atomic E-state index is -4.30. The van der Waals surface area contributed by atoms with Crippen LogP contribution in [0.1, 0.15) is 66.8 Å². The first-order valence-corrected chi connectivity index (χ1v) is 14.9. The van der Waals surface area contributed by atoms with Gasteiger partial charge in [0, 0.05) is 29.9 Å². The van der Waals surface area contributed by atoms with Gasteiger partial charge >= 0.3 is 0 Å². The van der Waals surface area contributed by atoms with E-state index in [9.17, 15) is 27.3 Å². The smallest absolute Gasteiger partial charge is 0.245 e. The van der Waals surface area contributed by atoms with Crippen molar-refractivity contribution in [1.82, 2.24) is 9.29 Å². The zero-order chi connectivity index (χ0) is 28.4. The summed E-state index contributed by atoms with van der Waals surface area (Å²) in [4.78, 5) is 19.3. The monoisotopic (exact) mass is 564 g/mol. The van der Waals surface area contributed by atoms with Crippen LogP contribution in [0, 0.1) is 29.9 Å². The molecule has 2 heterocycles. The lowest BCUT2D eigenvalue weighted by Gasteiger charge is -2.41. The van der Waals surface area contributed by atoms with E-state index in [0.29, 0.717) is 11.5 Å². The summed E-state index contributed by atoms with van der Waals surface area (Å²) < 4.78 is 57.2. The number of carbonyl (C=O) groups excluding carboxylic acids is 1. The number of anilines is 1. The van der Waals surface area contributed by atoms with Crippen LogP contribution in [-0.2, 0) is 21.4 Å². The first-order valence-electron chi connectivity index (χ1n) is 13.4. The van der Waals surface area contributed by atoms with Crippen LogP contribution >= 0.6 is 0 Å². The lowest BCUT2D eigenvalue weighted by Crippen LogP contribution is -2.59. The van der Waals surface area contributed by atoms with Crippen molar-refractivity contribution >= 4 is 21.6 Å². The highest BCUT2D eigenvalue weighted by Gasteiger charge is 2.45. The van der Waals surface area contributed by atoms with Crippen LogP contribution in [-0.4, -0.2) is 36.2 Å². The molecule has 40 heavy (non-hydrogen) atoms. The van der Waals surface area contributed by atoms with Crippen molar-refractivity contribution in [2.24, 2.45) is 0 Å². The second-order valence-corrected chi connectivity index (χ2v) is 12.3. The molecule has 0 radical (unpaired) electrons. The van der Waals surface area contributed by atoms with Gasteiger partial charge in [-0.1, -0.05) is 37.5 Å². The number of benzene rings is 2. The molecular formula is C30H30F2N4O3S. The Hall–Kier alpha value is -3.68. The number of amides is 1. The summed E-state index contributed by atoms with van der Waals surface area (Å²) >= 11 is 0. The molecule has 1 aromatic heterocycles. The Kier molecular flexibility index (Phi) is 7.97. The summed E-state index contributed by atoms with van der Waals surface area (Å²) in [5.41, 5.74) is 1.67. The van der Waals surface area contributed by atoms with Crippen molar-refractivity contribution in [1.29, 1.82) is 5.26 Å². The summed E-state index contributed by atoms with van der Waals surface area (Å²) in [5, 5.41) is 9.31. The van der Waals surface area contributed by atoms with Gasteiger partial charge in [0.05, 0.1) is 28.8 Å². The van der Waals surface area contributed by atoms with E-state index in [0.717, 1.165) is 35.0 Å². The van der Waals surface area contributed by atoms with Gasteiger partial charge in [-0.2, -0.15) is 9.57 Å². The van der Waals surface area contributed by atoms with E-state index < -0.39 is 38.5 Å². The molecule has 5 rings (SSSR count). The van der Waals surface area contributed by atoms with Crippen molar-refractivity contribution in [2.75, 3.05) is 11.4 Å². The van der Waals surface area contributed by atoms with Crippen molar-refractivity contribution in [3.8, 4) is 6.07 Å². The molecule has 2 aliphatic rings. The standard InChI is InChI=1S/C30H30F2N4O3S/c1-20-23(17-33)15-24(16-26(20)32)40(38,39)36-14-13-29(36)30(37)35(28-10-6-5-9-25(28)31)19-21-11-12-27(34-18-21)22-7-3-2-4-8-22/h5-6,9-12,15-16,18,22,29H,2-4,7-8,13-14,19H2,1H3/t29-/m1/s1. The van der Waals surface area contributed by atoms with Crippen LogP contribution < -0.4 is 4.90 Å². The molecule has 2 aromatic carbocycles. The maximum Gasteiger partial charge on any atom is 0.245 e. The lowest BCUT2D eigenvalue weighted by molar-refractivity contribution is -0.125. The molecule has 1 saturated carbocycles. The number of nitrogens with zero attached hydrogens (tertiary/aromatic N) is 4. The first-order chi connectivity index (χ1) is 19.2. The molecule has 0 bridgehead atoms. The Balaban J connectivity index is 1.42. The maximum atomic E-state index is 14.9. The predicted molar refractivity (Wildman–Crippen MR) is 146 cm³/mol. The third-order valence-corrected chi connectivity index (χ3v) is 9.81. The quantitative estimate of drug-likeness (QED) is 0.373. The van der Waals surface area contributed by atoms with Crippen molar-refractivity contribution in [3.63, 3.8) is 0 Å². The van der Waals surface area contributed by atoms with Gasteiger partial charge in [-0.05, 0) is 62.1 Å². The Morgan fingerprint density at radius 3 is 2.45 bits per heavy atom. The molecule has 10 heteroatoms. The summed E-state index contributed by atoms with van der Waals surface area (Å²) in [7, 11) is -4.30. The normalized spacial score (nSPS) is 18.1. The molecule has 1 atom stereocenters. The van der Waals surface area contributed by atoms with Gasteiger partial charge in [-0.3, -0.25) is 9.78 Å². The Labute approximate surface area is 233 Å². The van der Waals surface area contributed by atoms with Crippen LogP contribution in [0.3, 0.4) is 0 Å². The van der Waals surface area contributed by atoms with E-state index >= 15 is 0 Å². The number of sulfonamides is 1. The van der Waals surface area contributed by atoms with Crippen LogP contribution in [0.25, 0.3) is 0 Å². The van der Waals surface area contributed by atoms with E-state index in [-0.39, 0.29) is 36.3 Å².